The molecule has 0 bridgehead atoms. The molecule has 1 aromatic carbocycles. The number of methoxy groups -OCH3 is 1. The Kier molecular flexibility index (Phi) is 4.96. The summed E-state index contributed by atoms with van der Waals surface area (Å²) < 4.78 is 12.8. The molecule has 140 valence electrons. The average Bonchev–Trinajstić information content (AvgIpc) is 2.85. The van der Waals surface area contributed by atoms with Gasteiger partial charge in [-0.05, 0) is 39.0 Å². The molecule has 0 saturated carbocycles. The van der Waals surface area contributed by atoms with E-state index in [-0.39, 0.29) is 12.0 Å². The number of nitrogens with zero attached hydrogens (tertiary/aromatic N) is 3. The number of hydrogen-bond acceptors (Lipinski definition) is 5. The topological polar surface area (TPSA) is 73.7 Å². The molecular formula is C18H22BrN3O4. The molecule has 1 saturated heterocycles. The van der Waals surface area contributed by atoms with Gasteiger partial charge >= 0.3 is 12.1 Å². The fourth-order valence-corrected chi connectivity index (χ4v) is 3.31. The first-order valence-electron chi connectivity index (χ1n) is 8.40. The van der Waals surface area contributed by atoms with Crippen LogP contribution in [0.15, 0.2) is 22.7 Å². The minimum Gasteiger partial charge on any atom is -0.464 e. The number of carbonyl (C=O) groups is 2. The Hall–Kier alpha value is -2.09. The van der Waals surface area contributed by atoms with Crippen LogP contribution < -0.4 is 0 Å². The molecule has 2 heterocycles. The number of benzene rings is 1. The van der Waals surface area contributed by atoms with E-state index in [0.29, 0.717) is 25.3 Å². The molecule has 1 amide bonds. The van der Waals surface area contributed by atoms with Crippen molar-refractivity contribution >= 4 is 38.9 Å². The molecule has 0 atom stereocenters. The molecule has 1 fully saturated rings. The number of amides is 1. The van der Waals surface area contributed by atoms with Gasteiger partial charge in [0.1, 0.15) is 5.60 Å². The smallest absolute Gasteiger partial charge is 0.410 e. The van der Waals surface area contributed by atoms with Gasteiger partial charge in [0, 0.05) is 35.4 Å². The third-order valence-electron chi connectivity index (χ3n) is 4.12. The normalized spacial score (nSPS) is 15.0. The summed E-state index contributed by atoms with van der Waals surface area (Å²) >= 11 is 3.42. The van der Waals surface area contributed by atoms with Crippen molar-refractivity contribution in [1.82, 2.24) is 14.7 Å². The van der Waals surface area contributed by atoms with Gasteiger partial charge in [-0.1, -0.05) is 15.9 Å². The van der Waals surface area contributed by atoms with Crippen LogP contribution in [-0.2, 0) is 16.0 Å². The van der Waals surface area contributed by atoms with Crippen molar-refractivity contribution in [2.24, 2.45) is 5.92 Å². The Morgan fingerprint density at radius 3 is 2.62 bits per heavy atom. The van der Waals surface area contributed by atoms with Crippen molar-refractivity contribution in [1.29, 1.82) is 0 Å². The van der Waals surface area contributed by atoms with Gasteiger partial charge in [-0.15, -0.1) is 0 Å². The predicted molar refractivity (Wildman–Crippen MR) is 100 cm³/mol. The van der Waals surface area contributed by atoms with E-state index in [9.17, 15) is 9.59 Å². The molecule has 1 aliphatic rings. The lowest BCUT2D eigenvalue weighted by Gasteiger charge is -2.39. The zero-order chi connectivity index (χ0) is 19.1. The molecule has 2 aromatic rings. The number of halogens is 1. The summed E-state index contributed by atoms with van der Waals surface area (Å²) in [6, 6.07) is 5.60. The van der Waals surface area contributed by atoms with Crippen LogP contribution in [0.3, 0.4) is 0 Å². The summed E-state index contributed by atoms with van der Waals surface area (Å²) in [5, 5.41) is 5.28. The summed E-state index contributed by atoms with van der Waals surface area (Å²) in [6.45, 7) is 7.23. The number of rotatable bonds is 3. The summed E-state index contributed by atoms with van der Waals surface area (Å²) in [5.41, 5.74) is 0.657. The Bertz CT molecular complexity index is 850. The monoisotopic (exact) mass is 423 g/mol. The van der Waals surface area contributed by atoms with E-state index in [0.717, 1.165) is 15.4 Å². The molecule has 0 radical (unpaired) electrons. The van der Waals surface area contributed by atoms with Crippen molar-refractivity contribution in [3.8, 4) is 0 Å². The van der Waals surface area contributed by atoms with E-state index in [4.69, 9.17) is 9.47 Å². The number of carbonyl (C=O) groups excluding carboxylic acids is 2. The lowest BCUT2D eigenvalue weighted by molar-refractivity contribution is -0.00410. The van der Waals surface area contributed by atoms with Crippen molar-refractivity contribution in [3.63, 3.8) is 0 Å². The minimum absolute atomic E-state index is 0.212. The highest BCUT2D eigenvalue weighted by Gasteiger charge is 2.35. The molecule has 0 aliphatic carbocycles. The molecule has 0 N–H and O–H groups in total. The van der Waals surface area contributed by atoms with Gasteiger partial charge in [0.15, 0.2) is 5.69 Å². The number of ether oxygens (including phenoxy) is 2. The van der Waals surface area contributed by atoms with Crippen LogP contribution in [-0.4, -0.2) is 52.5 Å². The lowest BCUT2D eigenvalue weighted by atomic mass is 10.0. The highest BCUT2D eigenvalue weighted by Crippen LogP contribution is 2.26. The number of hydrogen-bond donors (Lipinski definition) is 0. The van der Waals surface area contributed by atoms with E-state index >= 15 is 0 Å². The highest BCUT2D eigenvalue weighted by atomic mass is 79.9. The molecule has 8 heteroatoms. The minimum atomic E-state index is -0.507. The first kappa shape index (κ1) is 18.7. The third kappa shape index (κ3) is 3.85. The Labute approximate surface area is 160 Å². The highest BCUT2D eigenvalue weighted by molar-refractivity contribution is 9.10. The van der Waals surface area contributed by atoms with Crippen LogP contribution in [0, 0.1) is 5.92 Å². The van der Waals surface area contributed by atoms with Crippen LogP contribution in [0.25, 0.3) is 10.9 Å². The maximum absolute atomic E-state index is 12.3. The Morgan fingerprint density at radius 1 is 1.31 bits per heavy atom. The number of likely N-dealkylation sites (tertiary alicyclic amines) is 1. The standard InChI is InChI=1S/C18H22BrN3O4/c1-18(2,3)26-17(24)21-8-11(9-21)10-22-15(16(23)25-4)13-7-12(19)5-6-14(13)20-22/h5-7,11H,8-10H2,1-4H3. The van der Waals surface area contributed by atoms with Gasteiger partial charge in [0.25, 0.3) is 0 Å². The SMILES string of the molecule is COC(=O)c1c2cc(Br)ccc2nn1CC1CN(C(=O)OC(C)(C)C)C1. The predicted octanol–water partition coefficient (Wildman–Crippen LogP) is 3.45. The second-order valence-electron chi connectivity index (χ2n) is 7.44. The van der Waals surface area contributed by atoms with Gasteiger partial charge in [0.05, 0.1) is 12.6 Å². The van der Waals surface area contributed by atoms with Crippen LogP contribution in [0.4, 0.5) is 4.79 Å². The Morgan fingerprint density at radius 2 is 2.00 bits per heavy atom. The van der Waals surface area contributed by atoms with Gasteiger partial charge in [0.2, 0.25) is 0 Å². The van der Waals surface area contributed by atoms with Crippen LogP contribution in [0.1, 0.15) is 31.3 Å². The zero-order valence-electron chi connectivity index (χ0n) is 15.3. The maximum atomic E-state index is 12.3. The molecule has 1 aromatic heterocycles. The van der Waals surface area contributed by atoms with Gasteiger partial charge < -0.3 is 14.4 Å². The maximum Gasteiger partial charge on any atom is 0.410 e. The zero-order valence-corrected chi connectivity index (χ0v) is 16.9. The second-order valence-corrected chi connectivity index (χ2v) is 8.35. The number of fused-ring (bicyclic) bond motifs is 1. The van der Waals surface area contributed by atoms with Gasteiger partial charge in [-0.25, -0.2) is 9.59 Å². The van der Waals surface area contributed by atoms with Crippen molar-refractivity contribution in [2.75, 3.05) is 20.2 Å². The van der Waals surface area contributed by atoms with E-state index < -0.39 is 11.6 Å². The first-order valence-corrected chi connectivity index (χ1v) is 9.19. The van der Waals surface area contributed by atoms with Crippen LogP contribution in [0.2, 0.25) is 0 Å². The molecular weight excluding hydrogens is 402 g/mol. The fraction of sp³-hybridized carbons (Fsp3) is 0.500. The summed E-state index contributed by atoms with van der Waals surface area (Å²) in [4.78, 5) is 26.0. The molecule has 0 spiro atoms. The quantitative estimate of drug-likeness (QED) is 0.706. The lowest BCUT2D eigenvalue weighted by Crippen LogP contribution is -2.53. The second kappa shape index (κ2) is 6.90. The van der Waals surface area contributed by atoms with Crippen LogP contribution in [0.5, 0.6) is 0 Å². The molecule has 7 nitrogen and oxygen atoms in total. The van der Waals surface area contributed by atoms with E-state index in [1.807, 2.05) is 39.0 Å². The number of esters is 1. The van der Waals surface area contributed by atoms with Crippen molar-refractivity contribution < 1.29 is 19.1 Å². The van der Waals surface area contributed by atoms with Crippen molar-refractivity contribution in [3.05, 3.63) is 28.4 Å². The Balaban J connectivity index is 1.74. The molecule has 0 unspecified atom stereocenters. The average molecular weight is 424 g/mol. The molecule has 26 heavy (non-hydrogen) atoms. The third-order valence-corrected chi connectivity index (χ3v) is 4.61. The summed E-state index contributed by atoms with van der Waals surface area (Å²) in [7, 11) is 1.36. The van der Waals surface area contributed by atoms with E-state index in [2.05, 4.69) is 21.0 Å². The summed E-state index contributed by atoms with van der Waals surface area (Å²) in [5.74, 6) is -0.211. The fourth-order valence-electron chi connectivity index (χ4n) is 2.95. The first-order chi connectivity index (χ1) is 12.2. The van der Waals surface area contributed by atoms with E-state index in [1.165, 1.54) is 7.11 Å². The van der Waals surface area contributed by atoms with Crippen molar-refractivity contribution in [2.45, 2.75) is 32.9 Å². The molecule has 3 rings (SSSR count). The number of aromatic nitrogens is 2. The largest absolute Gasteiger partial charge is 0.464 e. The van der Waals surface area contributed by atoms with Gasteiger partial charge in [-0.2, -0.15) is 5.10 Å². The van der Waals surface area contributed by atoms with E-state index in [1.54, 1.807) is 9.58 Å². The van der Waals surface area contributed by atoms with Crippen LogP contribution >= 0.6 is 15.9 Å². The van der Waals surface area contributed by atoms with Gasteiger partial charge in [-0.3, -0.25) is 4.68 Å². The summed E-state index contributed by atoms with van der Waals surface area (Å²) in [6.07, 6.45) is -0.309. The molecule has 1 aliphatic heterocycles.